The Morgan fingerprint density at radius 2 is 1.64 bits per heavy atom. The summed E-state index contributed by atoms with van der Waals surface area (Å²) in [7, 11) is 0. The van der Waals surface area contributed by atoms with Crippen molar-refractivity contribution in [1.82, 2.24) is 0 Å². The molecule has 1 aliphatic heterocycles. The van der Waals surface area contributed by atoms with Crippen LogP contribution in [0.5, 0.6) is 11.5 Å². The lowest BCUT2D eigenvalue weighted by Gasteiger charge is -2.27. The number of cyclic esters (lactones) is 1. The number of rotatable bonds is 7. The first-order valence-corrected chi connectivity index (χ1v) is 10.8. The zero-order valence-corrected chi connectivity index (χ0v) is 18.4. The van der Waals surface area contributed by atoms with Crippen LogP contribution in [0.2, 0.25) is 0 Å². The maximum atomic E-state index is 13.5. The quantitative estimate of drug-likeness (QED) is 0.519. The summed E-state index contributed by atoms with van der Waals surface area (Å²) in [5.74, 6) is 0.633. The highest BCUT2D eigenvalue weighted by Crippen LogP contribution is 2.39. The molecule has 2 unspecified atom stereocenters. The predicted molar refractivity (Wildman–Crippen MR) is 122 cm³/mol. The number of amides is 1. The van der Waals surface area contributed by atoms with Crippen molar-refractivity contribution in [2.45, 2.75) is 38.0 Å². The standard InChI is InChI=1S/C26H26FNO5/c1-16(2)17-5-13-22(14-6-17)32-15-23(30)25-24(18-3-11-21(29)12-4-18)28(26(31)33-25)20-9-7-19(27)8-10-20/h3-14,16,23-25,29-30H,15H2,1-2H3/t23?,24-,25?/m1/s1. The van der Waals surface area contributed by atoms with Crippen LogP contribution in [-0.4, -0.2) is 35.1 Å². The topological polar surface area (TPSA) is 79.2 Å². The zero-order chi connectivity index (χ0) is 23.5. The van der Waals surface area contributed by atoms with Gasteiger partial charge in [-0.3, -0.25) is 4.90 Å². The van der Waals surface area contributed by atoms with Crippen LogP contribution in [0, 0.1) is 5.82 Å². The van der Waals surface area contributed by atoms with Crippen molar-refractivity contribution in [3.63, 3.8) is 0 Å². The summed E-state index contributed by atoms with van der Waals surface area (Å²) in [5.41, 5.74) is 2.25. The average Bonchev–Trinajstić information content (AvgIpc) is 3.16. The molecule has 0 saturated carbocycles. The van der Waals surface area contributed by atoms with Crippen LogP contribution in [0.1, 0.15) is 36.9 Å². The summed E-state index contributed by atoms with van der Waals surface area (Å²) >= 11 is 0. The van der Waals surface area contributed by atoms with Gasteiger partial charge in [-0.25, -0.2) is 9.18 Å². The van der Waals surface area contributed by atoms with Gasteiger partial charge in [0.05, 0.1) is 0 Å². The summed E-state index contributed by atoms with van der Waals surface area (Å²) in [6, 6.07) is 18.7. The zero-order valence-electron chi connectivity index (χ0n) is 18.4. The van der Waals surface area contributed by atoms with Crippen molar-refractivity contribution in [2.75, 3.05) is 11.5 Å². The Morgan fingerprint density at radius 3 is 2.24 bits per heavy atom. The predicted octanol–water partition coefficient (Wildman–Crippen LogP) is 5.16. The van der Waals surface area contributed by atoms with Crippen molar-refractivity contribution in [3.8, 4) is 11.5 Å². The van der Waals surface area contributed by atoms with Gasteiger partial charge in [0.2, 0.25) is 0 Å². The van der Waals surface area contributed by atoms with Gasteiger partial charge >= 0.3 is 6.09 Å². The lowest BCUT2D eigenvalue weighted by Crippen LogP contribution is -2.38. The highest BCUT2D eigenvalue weighted by atomic mass is 19.1. The first-order chi connectivity index (χ1) is 15.8. The number of halogens is 1. The van der Waals surface area contributed by atoms with Crippen LogP contribution in [-0.2, 0) is 4.74 Å². The molecule has 0 radical (unpaired) electrons. The molecule has 1 fully saturated rings. The smallest absolute Gasteiger partial charge is 0.415 e. The molecule has 0 spiro atoms. The summed E-state index contributed by atoms with van der Waals surface area (Å²) in [6.45, 7) is 4.11. The fraction of sp³-hybridized carbons (Fsp3) is 0.269. The minimum atomic E-state index is -1.14. The van der Waals surface area contributed by atoms with E-state index in [0.29, 0.717) is 22.9 Å². The first kappa shape index (κ1) is 22.6. The maximum absolute atomic E-state index is 13.5. The van der Waals surface area contributed by atoms with Crippen LogP contribution in [0.25, 0.3) is 0 Å². The molecule has 1 amide bonds. The van der Waals surface area contributed by atoms with Gasteiger partial charge in [0.25, 0.3) is 0 Å². The molecule has 3 aromatic rings. The van der Waals surface area contributed by atoms with Crippen LogP contribution >= 0.6 is 0 Å². The van der Waals surface area contributed by atoms with Gasteiger partial charge in [0, 0.05) is 5.69 Å². The van der Waals surface area contributed by atoms with Crippen LogP contribution in [0.15, 0.2) is 72.8 Å². The van der Waals surface area contributed by atoms with Gasteiger partial charge in [0.15, 0.2) is 6.10 Å². The van der Waals surface area contributed by atoms with Gasteiger partial charge in [-0.05, 0) is 65.6 Å². The molecule has 0 aromatic heterocycles. The van der Waals surface area contributed by atoms with E-state index in [4.69, 9.17) is 9.47 Å². The van der Waals surface area contributed by atoms with E-state index < -0.39 is 30.2 Å². The van der Waals surface area contributed by atoms with Crippen molar-refractivity contribution in [1.29, 1.82) is 0 Å². The summed E-state index contributed by atoms with van der Waals surface area (Å²) in [5, 5.41) is 20.6. The summed E-state index contributed by atoms with van der Waals surface area (Å²) in [4.78, 5) is 14.2. The van der Waals surface area contributed by atoms with E-state index in [1.54, 1.807) is 12.1 Å². The Morgan fingerprint density at radius 1 is 1.00 bits per heavy atom. The van der Waals surface area contributed by atoms with E-state index in [1.807, 2.05) is 24.3 Å². The molecule has 7 heteroatoms. The molecule has 1 aliphatic rings. The molecule has 3 aromatic carbocycles. The third-order valence-corrected chi connectivity index (χ3v) is 5.71. The molecule has 0 bridgehead atoms. The van der Waals surface area contributed by atoms with Gasteiger partial charge in [-0.1, -0.05) is 38.1 Å². The van der Waals surface area contributed by atoms with Gasteiger partial charge in [-0.2, -0.15) is 0 Å². The average molecular weight is 451 g/mol. The number of anilines is 1. The van der Waals surface area contributed by atoms with Gasteiger partial charge in [-0.15, -0.1) is 0 Å². The number of phenols is 1. The van der Waals surface area contributed by atoms with Crippen molar-refractivity contribution >= 4 is 11.8 Å². The Kier molecular flexibility index (Phi) is 6.51. The molecule has 0 aliphatic carbocycles. The van der Waals surface area contributed by atoms with Crippen LogP contribution in [0.4, 0.5) is 14.9 Å². The molecule has 1 heterocycles. The van der Waals surface area contributed by atoms with Crippen molar-refractivity contribution in [3.05, 3.63) is 89.7 Å². The summed E-state index contributed by atoms with van der Waals surface area (Å²) < 4.78 is 24.8. The van der Waals surface area contributed by atoms with E-state index in [-0.39, 0.29) is 12.4 Å². The molecule has 1 saturated heterocycles. The van der Waals surface area contributed by atoms with E-state index in [1.165, 1.54) is 46.9 Å². The fourth-order valence-corrected chi connectivity index (χ4v) is 3.89. The monoisotopic (exact) mass is 451 g/mol. The molecular formula is C26H26FNO5. The number of carbonyl (C=O) groups is 1. The molecule has 2 N–H and O–H groups in total. The molecule has 6 nitrogen and oxygen atoms in total. The van der Waals surface area contributed by atoms with Gasteiger partial charge < -0.3 is 19.7 Å². The number of aromatic hydroxyl groups is 1. The number of carbonyl (C=O) groups excluding carboxylic acids is 1. The van der Waals surface area contributed by atoms with E-state index in [9.17, 15) is 19.4 Å². The highest BCUT2D eigenvalue weighted by molar-refractivity contribution is 5.91. The Hall–Kier alpha value is -3.58. The maximum Gasteiger partial charge on any atom is 0.415 e. The third-order valence-electron chi connectivity index (χ3n) is 5.71. The number of hydrogen-bond donors (Lipinski definition) is 2. The van der Waals surface area contributed by atoms with E-state index in [0.717, 1.165) is 0 Å². The number of hydrogen-bond acceptors (Lipinski definition) is 5. The summed E-state index contributed by atoms with van der Waals surface area (Å²) in [6.07, 6.45) is -2.74. The van der Waals surface area contributed by atoms with Crippen LogP contribution in [0.3, 0.4) is 0 Å². The molecular weight excluding hydrogens is 425 g/mol. The minimum Gasteiger partial charge on any atom is -0.508 e. The van der Waals surface area contributed by atoms with E-state index >= 15 is 0 Å². The normalized spacial score (nSPS) is 18.9. The Balaban J connectivity index is 1.57. The number of ether oxygens (including phenoxy) is 2. The third kappa shape index (κ3) is 4.93. The van der Waals surface area contributed by atoms with Crippen molar-refractivity contribution < 1.29 is 28.9 Å². The number of phenolic OH excluding ortho intramolecular Hbond substituents is 1. The molecule has 4 rings (SSSR count). The molecule has 33 heavy (non-hydrogen) atoms. The first-order valence-electron chi connectivity index (χ1n) is 10.8. The largest absolute Gasteiger partial charge is 0.508 e. The van der Waals surface area contributed by atoms with E-state index in [2.05, 4.69) is 13.8 Å². The van der Waals surface area contributed by atoms with Crippen LogP contribution < -0.4 is 9.64 Å². The lowest BCUT2D eigenvalue weighted by atomic mass is 9.96. The second-order valence-corrected chi connectivity index (χ2v) is 8.33. The Bertz CT molecular complexity index is 1080. The SMILES string of the molecule is CC(C)c1ccc(OCC(O)C2OC(=O)N(c3ccc(F)cc3)[C@@H]2c2ccc(O)cc2)cc1. The second-order valence-electron chi connectivity index (χ2n) is 8.33. The Labute approximate surface area is 191 Å². The lowest BCUT2D eigenvalue weighted by molar-refractivity contribution is -0.00646. The second kappa shape index (κ2) is 9.50. The number of aliphatic hydroxyl groups excluding tert-OH is 1. The molecule has 3 atom stereocenters. The number of aliphatic hydroxyl groups is 1. The number of benzene rings is 3. The highest BCUT2D eigenvalue weighted by Gasteiger charge is 2.47. The number of nitrogens with zero attached hydrogens (tertiary/aromatic N) is 1. The minimum absolute atomic E-state index is 0.0719. The molecule has 172 valence electrons. The fourth-order valence-electron chi connectivity index (χ4n) is 3.89. The van der Waals surface area contributed by atoms with Gasteiger partial charge in [0.1, 0.15) is 36.1 Å². The van der Waals surface area contributed by atoms with Crippen molar-refractivity contribution in [2.24, 2.45) is 0 Å².